The third kappa shape index (κ3) is 3.93. The van der Waals surface area contributed by atoms with Crippen LogP contribution in [-0.4, -0.2) is 33.8 Å². The van der Waals surface area contributed by atoms with Crippen LogP contribution in [-0.2, 0) is 4.79 Å². The Labute approximate surface area is 145 Å². The Morgan fingerprint density at radius 1 is 1.28 bits per heavy atom. The molecule has 0 radical (unpaired) electrons. The minimum Gasteiger partial charge on any atom is -0.361 e. The highest BCUT2D eigenvalue weighted by Gasteiger charge is 2.24. The van der Waals surface area contributed by atoms with Crippen molar-refractivity contribution in [2.45, 2.75) is 25.8 Å². The highest BCUT2D eigenvalue weighted by atomic mass is 16.6. The monoisotopic (exact) mass is 340 g/mol. The minimum absolute atomic E-state index is 0.00321. The number of pyridine rings is 1. The highest BCUT2D eigenvalue weighted by molar-refractivity contribution is 5.78. The van der Waals surface area contributed by atoms with Crippen LogP contribution in [0.2, 0.25) is 0 Å². The lowest BCUT2D eigenvalue weighted by Crippen LogP contribution is -2.32. The van der Waals surface area contributed by atoms with Crippen LogP contribution < -0.4 is 5.32 Å². The van der Waals surface area contributed by atoms with E-state index in [9.17, 15) is 14.9 Å². The quantitative estimate of drug-likeness (QED) is 0.645. The smallest absolute Gasteiger partial charge is 0.290 e. The van der Waals surface area contributed by atoms with Gasteiger partial charge in [-0.25, -0.2) is 4.98 Å². The molecule has 2 aromatic rings. The average Bonchev–Trinajstić information content (AvgIpc) is 3.00. The summed E-state index contributed by atoms with van der Waals surface area (Å²) < 4.78 is 0. The first-order chi connectivity index (χ1) is 12.0. The second-order valence-corrected chi connectivity index (χ2v) is 6.11. The van der Waals surface area contributed by atoms with Gasteiger partial charge in [-0.3, -0.25) is 14.9 Å². The molecule has 1 fully saturated rings. The van der Waals surface area contributed by atoms with Crippen molar-refractivity contribution < 1.29 is 9.72 Å². The highest BCUT2D eigenvalue weighted by Crippen LogP contribution is 2.24. The van der Waals surface area contributed by atoms with E-state index in [-0.39, 0.29) is 17.6 Å². The van der Waals surface area contributed by atoms with Crippen molar-refractivity contribution in [2.24, 2.45) is 0 Å². The van der Waals surface area contributed by atoms with E-state index in [0.717, 1.165) is 18.5 Å². The van der Waals surface area contributed by atoms with E-state index in [1.807, 2.05) is 35.2 Å². The summed E-state index contributed by atoms with van der Waals surface area (Å²) in [5.74, 6) is 0.721. The molecule has 1 aromatic carbocycles. The van der Waals surface area contributed by atoms with E-state index in [4.69, 9.17) is 0 Å². The van der Waals surface area contributed by atoms with Gasteiger partial charge in [-0.2, -0.15) is 0 Å². The second-order valence-electron chi connectivity index (χ2n) is 6.11. The number of carbonyl (C=O) groups is 1. The number of likely N-dealkylation sites (tertiary alicyclic amines) is 1. The van der Waals surface area contributed by atoms with E-state index in [0.29, 0.717) is 24.5 Å². The number of anilines is 1. The first kappa shape index (κ1) is 16.9. The van der Waals surface area contributed by atoms with Crippen molar-refractivity contribution >= 4 is 17.4 Å². The van der Waals surface area contributed by atoms with E-state index >= 15 is 0 Å². The lowest BCUT2D eigenvalue weighted by atomic mass is 10.1. The van der Waals surface area contributed by atoms with Crippen LogP contribution in [0.4, 0.5) is 11.5 Å². The molecule has 1 aromatic heterocycles. The second kappa shape index (κ2) is 7.29. The van der Waals surface area contributed by atoms with Gasteiger partial charge in [-0.1, -0.05) is 30.3 Å². The molecule has 1 saturated heterocycles. The maximum absolute atomic E-state index is 12.0. The molecule has 1 aliphatic heterocycles. The van der Waals surface area contributed by atoms with Gasteiger partial charge in [0, 0.05) is 25.6 Å². The van der Waals surface area contributed by atoms with Crippen molar-refractivity contribution in [3.8, 4) is 0 Å². The van der Waals surface area contributed by atoms with E-state index in [2.05, 4.69) is 10.3 Å². The summed E-state index contributed by atoms with van der Waals surface area (Å²) in [6.07, 6.45) is 1.48. The van der Waals surface area contributed by atoms with Gasteiger partial charge in [-0.15, -0.1) is 0 Å². The lowest BCUT2D eigenvalue weighted by molar-refractivity contribution is -0.385. The first-order valence-electron chi connectivity index (χ1n) is 8.26. The number of rotatable bonds is 6. The summed E-state index contributed by atoms with van der Waals surface area (Å²) >= 11 is 0. The summed E-state index contributed by atoms with van der Waals surface area (Å²) in [6.45, 7) is 2.92. The summed E-state index contributed by atoms with van der Waals surface area (Å²) in [5.41, 5.74) is 1.40. The maximum Gasteiger partial charge on any atom is 0.290 e. The molecule has 1 N–H and O–H groups in total. The Kier molecular flexibility index (Phi) is 4.92. The fourth-order valence-electron chi connectivity index (χ4n) is 3.04. The van der Waals surface area contributed by atoms with Crippen LogP contribution >= 0.6 is 0 Å². The van der Waals surface area contributed by atoms with Gasteiger partial charge in [0.05, 0.1) is 11.0 Å². The Morgan fingerprint density at radius 2 is 2.04 bits per heavy atom. The zero-order valence-electron chi connectivity index (χ0n) is 14.0. The molecule has 130 valence electrons. The number of benzene rings is 1. The molecule has 7 nitrogen and oxygen atoms in total. The summed E-state index contributed by atoms with van der Waals surface area (Å²) in [6, 6.07) is 12.8. The number of nitro groups is 1. The van der Waals surface area contributed by atoms with Crippen LogP contribution in [0.3, 0.4) is 0 Å². The van der Waals surface area contributed by atoms with E-state index < -0.39 is 4.92 Å². The zero-order chi connectivity index (χ0) is 17.8. The number of hydrogen-bond acceptors (Lipinski definition) is 5. The van der Waals surface area contributed by atoms with Gasteiger partial charge >= 0.3 is 0 Å². The third-order valence-corrected chi connectivity index (χ3v) is 4.35. The predicted molar refractivity (Wildman–Crippen MR) is 94.2 cm³/mol. The number of aryl methyl sites for hydroxylation is 1. The van der Waals surface area contributed by atoms with Crippen LogP contribution in [0.25, 0.3) is 0 Å². The normalized spacial score (nSPS) is 15.2. The number of hydrogen-bond donors (Lipinski definition) is 1. The fraction of sp³-hybridized carbons (Fsp3) is 0.333. The molecule has 0 saturated carbocycles. The summed E-state index contributed by atoms with van der Waals surface area (Å²) in [4.78, 5) is 28.6. The third-order valence-electron chi connectivity index (χ3n) is 4.35. The van der Waals surface area contributed by atoms with Gasteiger partial charge in [0.25, 0.3) is 5.69 Å². The molecule has 1 amide bonds. The van der Waals surface area contributed by atoms with Crippen LogP contribution in [0.1, 0.15) is 30.1 Å². The van der Waals surface area contributed by atoms with Crippen molar-refractivity contribution in [1.82, 2.24) is 9.88 Å². The lowest BCUT2D eigenvalue weighted by Gasteiger charge is -2.25. The van der Waals surface area contributed by atoms with Gasteiger partial charge in [0.1, 0.15) is 11.5 Å². The molecule has 0 unspecified atom stereocenters. The average molecular weight is 340 g/mol. The van der Waals surface area contributed by atoms with E-state index in [1.165, 1.54) is 6.07 Å². The Morgan fingerprint density at radius 3 is 2.64 bits per heavy atom. The Bertz CT molecular complexity index is 779. The van der Waals surface area contributed by atoms with Crippen LogP contribution in [0.15, 0.2) is 42.5 Å². The number of aromatic nitrogens is 1. The van der Waals surface area contributed by atoms with Crippen molar-refractivity contribution in [3.05, 3.63) is 63.8 Å². The molecule has 25 heavy (non-hydrogen) atoms. The number of carbonyl (C=O) groups excluding carboxylic acids is 1. The molecule has 0 spiro atoms. The molecule has 1 atom stereocenters. The standard InChI is InChI=1S/C18H20N4O3/c1-13-16(22(24)25)9-10-17(19-13)20-15(14-6-3-2-4-7-14)12-21-11-5-8-18(21)23/h2-4,6-7,9-10,15H,5,8,11-12H2,1H3,(H,19,20)/t15-/m1/s1. The Balaban J connectivity index is 1.83. The SMILES string of the molecule is Cc1nc(N[C@H](CN2CCCC2=O)c2ccccc2)ccc1[N+](=O)[O-]. The van der Waals surface area contributed by atoms with Crippen molar-refractivity contribution in [2.75, 3.05) is 18.4 Å². The van der Waals surface area contributed by atoms with Crippen LogP contribution in [0.5, 0.6) is 0 Å². The minimum atomic E-state index is -0.441. The maximum atomic E-state index is 12.0. The van der Waals surface area contributed by atoms with Gasteiger partial charge < -0.3 is 10.2 Å². The molecule has 2 heterocycles. The van der Waals surface area contributed by atoms with Gasteiger partial charge in [0.15, 0.2) is 0 Å². The van der Waals surface area contributed by atoms with Gasteiger partial charge in [0.2, 0.25) is 5.91 Å². The topological polar surface area (TPSA) is 88.4 Å². The first-order valence-corrected chi connectivity index (χ1v) is 8.26. The predicted octanol–water partition coefficient (Wildman–Crippen LogP) is 3.07. The van der Waals surface area contributed by atoms with E-state index in [1.54, 1.807) is 13.0 Å². The summed E-state index contributed by atoms with van der Waals surface area (Å²) in [5, 5.41) is 14.3. The van der Waals surface area contributed by atoms with Crippen LogP contribution in [0, 0.1) is 17.0 Å². The van der Waals surface area contributed by atoms with Gasteiger partial charge in [-0.05, 0) is 25.0 Å². The molecule has 3 rings (SSSR count). The number of nitrogens with one attached hydrogen (secondary N) is 1. The molecule has 0 aliphatic carbocycles. The molecule has 1 aliphatic rings. The number of amides is 1. The Hall–Kier alpha value is -2.96. The van der Waals surface area contributed by atoms with Crippen molar-refractivity contribution in [1.29, 1.82) is 0 Å². The molecule has 7 heteroatoms. The summed E-state index contributed by atoms with van der Waals surface area (Å²) in [7, 11) is 0. The largest absolute Gasteiger partial charge is 0.361 e. The molecule has 0 bridgehead atoms. The molecular weight excluding hydrogens is 320 g/mol. The fourth-order valence-corrected chi connectivity index (χ4v) is 3.04. The zero-order valence-corrected chi connectivity index (χ0v) is 14.0. The molecular formula is C18H20N4O3. The van der Waals surface area contributed by atoms with Crippen molar-refractivity contribution in [3.63, 3.8) is 0 Å². The number of nitrogens with zero attached hydrogens (tertiary/aromatic N) is 3.